The van der Waals surface area contributed by atoms with Crippen molar-refractivity contribution in [3.05, 3.63) is 54.1 Å². The van der Waals surface area contributed by atoms with Gasteiger partial charge in [0.05, 0.1) is 18.6 Å². The van der Waals surface area contributed by atoms with Crippen LogP contribution in [0.3, 0.4) is 0 Å². The summed E-state index contributed by atoms with van der Waals surface area (Å²) in [6, 6.07) is 16.5. The molecule has 1 amide bonds. The zero-order chi connectivity index (χ0) is 20.8. The smallest absolute Gasteiger partial charge is 0.226 e. The van der Waals surface area contributed by atoms with Crippen molar-refractivity contribution in [2.75, 3.05) is 33.5 Å². The van der Waals surface area contributed by atoms with E-state index in [1.54, 1.807) is 7.11 Å². The van der Waals surface area contributed by atoms with Crippen molar-refractivity contribution >= 4 is 5.91 Å². The van der Waals surface area contributed by atoms with E-state index in [-0.39, 0.29) is 12.0 Å². The van der Waals surface area contributed by atoms with Gasteiger partial charge in [0.25, 0.3) is 0 Å². The van der Waals surface area contributed by atoms with Gasteiger partial charge in [-0.25, -0.2) is 0 Å². The minimum atomic E-state index is -0.434. The molecular weight excluding hydrogens is 378 g/mol. The van der Waals surface area contributed by atoms with Crippen LogP contribution in [0.5, 0.6) is 5.75 Å². The van der Waals surface area contributed by atoms with Crippen LogP contribution in [0.2, 0.25) is 0 Å². The van der Waals surface area contributed by atoms with E-state index in [9.17, 15) is 4.79 Å². The van der Waals surface area contributed by atoms with Gasteiger partial charge in [-0.3, -0.25) is 4.79 Å². The van der Waals surface area contributed by atoms with Crippen molar-refractivity contribution < 1.29 is 19.0 Å². The lowest BCUT2D eigenvalue weighted by Gasteiger charge is -2.36. The predicted molar refractivity (Wildman–Crippen MR) is 117 cm³/mol. The fourth-order valence-corrected chi connectivity index (χ4v) is 4.57. The maximum Gasteiger partial charge on any atom is 0.226 e. The standard InChI is InChI=1S/C25H31NO4/c1-28-23-10-3-2-9-22(23)20-7-4-6-19(16-20)17-25(11-14-29-15-12-25)24(27)26-18-21-8-5-13-30-21/h2-4,6-7,9-10,16,21H,5,8,11-15,17-18H2,1H3,(H,26,27)/t21-/m0/s1. The Hall–Kier alpha value is -2.37. The van der Waals surface area contributed by atoms with Crippen molar-refractivity contribution in [3.8, 4) is 16.9 Å². The molecule has 30 heavy (non-hydrogen) atoms. The van der Waals surface area contributed by atoms with Gasteiger partial charge in [-0.1, -0.05) is 42.5 Å². The minimum absolute atomic E-state index is 0.129. The summed E-state index contributed by atoms with van der Waals surface area (Å²) in [7, 11) is 1.69. The van der Waals surface area contributed by atoms with Crippen LogP contribution in [-0.2, 0) is 20.7 Å². The van der Waals surface area contributed by atoms with Crippen LogP contribution in [-0.4, -0.2) is 45.5 Å². The maximum absolute atomic E-state index is 13.3. The average Bonchev–Trinajstić information content (AvgIpc) is 3.32. The lowest BCUT2D eigenvalue weighted by Crippen LogP contribution is -2.47. The van der Waals surface area contributed by atoms with Crippen molar-refractivity contribution in [2.45, 2.75) is 38.2 Å². The summed E-state index contributed by atoms with van der Waals surface area (Å²) >= 11 is 0. The Bertz CT molecular complexity index is 854. The van der Waals surface area contributed by atoms with Gasteiger partial charge in [0, 0.05) is 31.9 Å². The molecular formula is C25H31NO4. The molecule has 1 atom stereocenters. The quantitative estimate of drug-likeness (QED) is 0.751. The normalized spacial score (nSPS) is 20.6. The molecule has 0 aromatic heterocycles. The molecule has 4 rings (SSSR count). The van der Waals surface area contributed by atoms with Gasteiger partial charge in [0.15, 0.2) is 0 Å². The Morgan fingerprint density at radius 1 is 1.13 bits per heavy atom. The number of para-hydroxylation sites is 1. The van der Waals surface area contributed by atoms with E-state index < -0.39 is 5.41 Å². The molecule has 1 N–H and O–H groups in total. The topological polar surface area (TPSA) is 56.8 Å². The van der Waals surface area contributed by atoms with Crippen molar-refractivity contribution in [1.29, 1.82) is 0 Å². The first-order valence-electron chi connectivity index (χ1n) is 10.9. The highest BCUT2D eigenvalue weighted by Gasteiger charge is 2.40. The molecule has 2 fully saturated rings. The second-order valence-electron chi connectivity index (χ2n) is 8.32. The molecule has 5 nitrogen and oxygen atoms in total. The minimum Gasteiger partial charge on any atom is -0.496 e. The zero-order valence-electron chi connectivity index (χ0n) is 17.7. The number of carbonyl (C=O) groups is 1. The van der Waals surface area contributed by atoms with Crippen LogP contribution >= 0.6 is 0 Å². The molecule has 0 radical (unpaired) electrons. The number of ether oxygens (including phenoxy) is 3. The average molecular weight is 410 g/mol. The number of hydrogen-bond acceptors (Lipinski definition) is 4. The molecule has 0 unspecified atom stereocenters. The number of benzene rings is 2. The summed E-state index contributed by atoms with van der Waals surface area (Å²) in [5.74, 6) is 0.980. The monoisotopic (exact) mass is 409 g/mol. The zero-order valence-corrected chi connectivity index (χ0v) is 17.7. The van der Waals surface area contributed by atoms with Crippen LogP contribution in [0.15, 0.2) is 48.5 Å². The van der Waals surface area contributed by atoms with Gasteiger partial charge >= 0.3 is 0 Å². The number of amides is 1. The lowest BCUT2D eigenvalue weighted by molar-refractivity contribution is -0.137. The molecule has 160 valence electrons. The van der Waals surface area contributed by atoms with Crippen LogP contribution in [0.1, 0.15) is 31.2 Å². The summed E-state index contributed by atoms with van der Waals surface area (Å²) in [4.78, 5) is 13.3. The van der Waals surface area contributed by atoms with E-state index in [1.807, 2.05) is 18.2 Å². The Balaban J connectivity index is 1.53. The highest BCUT2D eigenvalue weighted by Crippen LogP contribution is 2.37. The van der Waals surface area contributed by atoms with Crippen LogP contribution in [0.25, 0.3) is 11.1 Å². The van der Waals surface area contributed by atoms with Crippen molar-refractivity contribution in [1.82, 2.24) is 5.32 Å². The molecule has 0 aliphatic carbocycles. The Kier molecular flexibility index (Phi) is 6.70. The van der Waals surface area contributed by atoms with Gasteiger partial charge < -0.3 is 19.5 Å². The Morgan fingerprint density at radius 2 is 1.97 bits per heavy atom. The summed E-state index contributed by atoms with van der Waals surface area (Å²) < 4.78 is 16.8. The fraction of sp³-hybridized carbons (Fsp3) is 0.480. The van der Waals surface area contributed by atoms with E-state index in [2.05, 4.69) is 35.6 Å². The van der Waals surface area contributed by atoms with Gasteiger partial charge in [-0.05, 0) is 49.3 Å². The number of nitrogens with one attached hydrogen (secondary N) is 1. The molecule has 2 heterocycles. The maximum atomic E-state index is 13.3. The van der Waals surface area contributed by atoms with Crippen molar-refractivity contribution in [3.63, 3.8) is 0 Å². The molecule has 2 saturated heterocycles. The van der Waals surface area contributed by atoms with E-state index in [1.165, 1.54) is 0 Å². The molecule has 2 aromatic rings. The summed E-state index contributed by atoms with van der Waals surface area (Å²) in [5.41, 5.74) is 2.89. The highest BCUT2D eigenvalue weighted by atomic mass is 16.5. The van der Waals surface area contributed by atoms with Gasteiger partial charge in [0.2, 0.25) is 5.91 Å². The number of methoxy groups -OCH3 is 1. The number of carbonyl (C=O) groups excluding carboxylic acids is 1. The van der Waals surface area contributed by atoms with Gasteiger partial charge in [-0.15, -0.1) is 0 Å². The lowest BCUT2D eigenvalue weighted by atomic mass is 9.74. The van der Waals surface area contributed by atoms with Crippen molar-refractivity contribution in [2.24, 2.45) is 5.41 Å². The molecule has 2 aliphatic heterocycles. The second-order valence-corrected chi connectivity index (χ2v) is 8.32. The largest absolute Gasteiger partial charge is 0.496 e. The van der Waals surface area contributed by atoms with E-state index in [0.717, 1.165) is 54.7 Å². The summed E-state index contributed by atoms with van der Waals surface area (Å²) in [6.07, 6.45) is 4.44. The summed E-state index contributed by atoms with van der Waals surface area (Å²) in [5, 5.41) is 3.18. The van der Waals surface area contributed by atoms with Gasteiger partial charge in [-0.2, -0.15) is 0 Å². The first-order valence-corrected chi connectivity index (χ1v) is 10.9. The van der Waals surface area contributed by atoms with E-state index >= 15 is 0 Å². The third-order valence-electron chi connectivity index (χ3n) is 6.33. The fourth-order valence-electron chi connectivity index (χ4n) is 4.57. The van der Waals surface area contributed by atoms with E-state index in [0.29, 0.717) is 26.2 Å². The molecule has 0 bridgehead atoms. The molecule has 2 aliphatic rings. The van der Waals surface area contributed by atoms with Crippen LogP contribution in [0.4, 0.5) is 0 Å². The number of hydrogen-bond donors (Lipinski definition) is 1. The third kappa shape index (κ3) is 4.68. The second kappa shape index (κ2) is 9.63. The Labute approximate surface area is 178 Å². The summed E-state index contributed by atoms with van der Waals surface area (Å²) in [6.45, 7) is 2.65. The highest BCUT2D eigenvalue weighted by molar-refractivity contribution is 5.83. The molecule has 5 heteroatoms. The predicted octanol–water partition coefficient (Wildman–Crippen LogP) is 4.00. The van der Waals surface area contributed by atoms with Crippen LogP contribution < -0.4 is 10.1 Å². The van der Waals surface area contributed by atoms with E-state index in [4.69, 9.17) is 14.2 Å². The van der Waals surface area contributed by atoms with Crippen LogP contribution in [0, 0.1) is 5.41 Å². The van der Waals surface area contributed by atoms with Gasteiger partial charge in [0.1, 0.15) is 5.75 Å². The molecule has 2 aromatic carbocycles. The first-order chi connectivity index (χ1) is 14.7. The number of rotatable bonds is 7. The Morgan fingerprint density at radius 3 is 2.73 bits per heavy atom. The first kappa shape index (κ1) is 20.9. The molecule has 0 spiro atoms. The SMILES string of the molecule is COc1ccccc1-c1cccc(CC2(C(=O)NC[C@@H]3CCCO3)CCOCC2)c1. The molecule has 0 saturated carbocycles. The third-order valence-corrected chi connectivity index (χ3v) is 6.33.